The van der Waals surface area contributed by atoms with Crippen molar-refractivity contribution in [3.05, 3.63) is 52.9 Å². The third-order valence-electron chi connectivity index (χ3n) is 4.78. The van der Waals surface area contributed by atoms with Crippen molar-refractivity contribution < 1.29 is 9.47 Å². The van der Waals surface area contributed by atoms with Crippen LogP contribution in [0.2, 0.25) is 5.02 Å². The van der Waals surface area contributed by atoms with Crippen molar-refractivity contribution in [3.8, 4) is 11.5 Å². The smallest absolute Gasteiger partial charge is 0.163 e. The minimum atomic E-state index is 0.618. The number of rotatable bonds is 4. The lowest BCUT2D eigenvalue weighted by Gasteiger charge is -2.16. The molecule has 4 aromatic rings. The summed E-state index contributed by atoms with van der Waals surface area (Å²) >= 11 is 6.43. The number of hydrogen-bond donors (Lipinski definition) is 1. The molecule has 0 atom stereocenters. The van der Waals surface area contributed by atoms with Crippen LogP contribution in [0.4, 0.5) is 11.5 Å². The van der Waals surface area contributed by atoms with E-state index in [0.29, 0.717) is 22.3 Å². The van der Waals surface area contributed by atoms with Gasteiger partial charge < -0.3 is 14.8 Å². The lowest BCUT2D eigenvalue weighted by molar-refractivity contribution is 0.355. The Kier molecular flexibility index (Phi) is 4.28. The van der Waals surface area contributed by atoms with E-state index >= 15 is 0 Å². The summed E-state index contributed by atoms with van der Waals surface area (Å²) in [5, 5.41) is 4.04. The number of anilines is 2. The summed E-state index contributed by atoms with van der Waals surface area (Å²) in [6.07, 6.45) is 3.52. The molecule has 7 heteroatoms. The molecule has 0 aliphatic heterocycles. The molecule has 2 aromatic carbocycles. The molecule has 0 saturated carbocycles. The Morgan fingerprint density at radius 3 is 2.52 bits per heavy atom. The van der Waals surface area contributed by atoms with Gasteiger partial charge in [-0.3, -0.25) is 4.40 Å². The molecule has 27 heavy (non-hydrogen) atoms. The number of aryl methyl sites for hydroxylation is 1. The molecule has 0 amide bonds. The molecule has 138 valence electrons. The first-order valence-electron chi connectivity index (χ1n) is 8.44. The van der Waals surface area contributed by atoms with Gasteiger partial charge in [-0.2, -0.15) is 0 Å². The van der Waals surface area contributed by atoms with Gasteiger partial charge in [0.2, 0.25) is 0 Å². The molecule has 4 rings (SSSR count). The first kappa shape index (κ1) is 17.4. The average molecular weight is 383 g/mol. The van der Waals surface area contributed by atoms with Gasteiger partial charge in [0.1, 0.15) is 5.52 Å². The zero-order chi connectivity index (χ0) is 19.1. The Balaban J connectivity index is 1.96. The highest BCUT2D eigenvalue weighted by Crippen LogP contribution is 2.35. The lowest BCUT2D eigenvalue weighted by atomic mass is 10.1. The molecule has 0 fully saturated rings. The van der Waals surface area contributed by atoms with E-state index in [1.54, 1.807) is 26.7 Å². The molecule has 2 aromatic heterocycles. The Labute approximate surface area is 161 Å². The minimum Gasteiger partial charge on any atom is -0.493 e. The van der Waals surface area contributed by atoms with Gasteiger partial charge in [0.25, 0.3) is 0 Å². The normalized spacial score (nSPS) is 11.1. The van der Waals surface area contributed by atoms with Crippen LogP contribution in [0.25, 0.3) is 16.6 Å². The molecule has 0 aliphatic rings. The maximum Gasteiger partial charge on any atom is 0.163 e. The summed E-state index contributed by atoms with van der Waals surface area (Å²) in [7, 11) is 3.22. The number of benzene rings is 2. The van der Waals surface area contributed by atoms with Crippen molar-refractivity contribution in [1.29, 1.82) is 0 Å². The standard InChI is InChI=1S/C20H19ClN4O2/c1-11-5-6-13(21)19(12(11)2)24-20-16-9-22-10-25(16)15-8-18(27-4)17(26-3)7-14(15)23-20/h5-10H,1-4H3,(H,23,24). The van der Waals surface area contributed by atoms with Gasteiger partial charge in [-0.05, 0) is 31.0 Å². The Morgan fingerprint density at radius 1 is 1.04 bits per heavy atom. The van der Waals surface area contributed by atoms with E-state index in [0.717, 1.165) is 33.4 Å². The van der Waals surface area contributed by atoms with Crippen LogP contribution in [-0.4, -0.2) is 28.6 Å². The number of halogens is 1. The zero-order valence-corrected chi connectivity index (χ0v) is 16.3. The summed E-state index contributed by atoms with van der Waals surface area (Å²) in [6, 6.07) is 7.63. The molecule has 0 aliphatic carbocycles. The number of hydrogen-bond acceptors (Lipinski definition) is 5. The minimum absolute atomic E-state index is 0.618. The molecule has 2 heterocycles. The van der Waals surface area contributed by atoms with Gasteiger partial charge in [0, 0.05) is 12.1 Å². The molecular formula is C20H19ClN4O2. The van der Waals surface area contributed by atoms with Crippen LogP contribution in [0.1, 0.15) is 11.1 Å². The summed E-state index contributed by atoms with van der Waals surface area (Å²) in [5.41, 5.74) is 5.53. The second-order valence-corrected chi connectivity index (χ2v) is 6.70. The van der Waals surface area contributed by atoms with Crippen molar-refractivity contribution in [2.75, 3.05) is 19.5 Å². The fourth-order valence-electron chi connectivity index (χ4n) is 3.13. The lowest BCUT2D eigenvalue weighted by Crippen LogP contribution is -2.02. The van der Waals surface area contributed by atoms with Gasteiger partial charge in [0.05, 0.1) is 48.5 Å². The first-order chi connectivity index (χ1) is 13.0. The van der Waals surface area contributed by atoms with Gasteiger partial charge in [0.15, 0.2) is 17.3 Å². The molecule has 1 N–H and O–H groups in total. The van der Waals surface area contributed by atoms with Crippen molar-refractivity contribution in [2.45, 2.75) is 13.8 Å². The second-order valence-electron chi connectivity index (χ2n) is 6.29. The highest BCUT2D eigenvalue weighted by atomic mass is 35.5. The quantitative estimate of drug-likeness (QED) is 0.543. The SMILES string of the molecule is COc1cc2nc(Nc3c(Cl)ccc(C)c3C)c3cncn3c2cc1OC. The number of methoxy groups -OCH3 is 2. The highest BCUT2D eigenvalue weighted by molar-refractivity contribution is 6.33. The van der Waals surface area contributed by atoms with E-state index < -0.39 is 0 Å². The van der Waals surface area contributed by atoms with Crippen molar-refractivity contribution in [1.82, 2.24) is 14.4 Å². The molecule has 6 nitrogen and oxygen atoms in total. The van der Waals surface area contributed by atoms with Crippen LogP contribution in [0.3, 0.4) is 0 Å². The van der Waals surface area contributed by atoms with Crippen LogP contribution >= 0.6 is 11.6 Å². The number of ether oxygens (including phenoxy) is 2. The first-order valence-corrected chi connectivity index (χ1v) is 8.81. The number of nitrogens with zero attached hydrogens (tertiary/aromatic N) is 3. The van der Waals surface area contributed by atoms with Crippen LogP contribution in [0.5, 0.6) is 11.5 Å². The number of imidazole rings is 1. The monoisotopic (exact) mass is 382 g/mol. The summed E-state index contributed by atoms with van der Waals surface area (Å²) < 4.78 is 12.8. The molecule has 0 unspecified atom stereocenters. The Morgan fingerprint density at radius 2 is 1.78 bits per heavy atom. The van der Waals surface area contributed by atoms with Gasteiger partial charge in [-0.15, -0.1) is 0 Å². The van der Waals surface area contributed by atoms with Gasteiger partial charge in [-0.1, -0.05) is 17.7 Å². The number of aromatic nitrogens is 3. The highest BCUT2D eigenvalue weighted by Gasteiger charge is 2.15. The fourth-order valence-corrected chi connectivity index (χ4v) is 3.38. The predicted molar refractivity (Wildman–Crippen MR) is 108 cm³/mol. The Hall–Kier alpha value is -2.99. The van der Waals surface area contributed by atoms with Crippen LogP contribution in [0.15, 0.2) is 36.8 Å². The van der Waals surface area contributed by atoms with Gasteiger partial charge >= 0.3 is 0 Å². The molecule has 0 spiro atoms. The number of fused-ring (bicyclic) bond motifs is 3. The number of nitrogens with one attached hydrogen (secondary N) is 1. The maximum atomic E-state index is 6.43. The van der Waals surface area contributed by atoms with Crippen molar-refractivity contribution >= 4 is 39.7 Å². The third kappa shape index (κ3) is 2.82. The summed E-state index contributed by atoms with van der Waals surface area (Å²) in [4.78, 5) is 9.09. The van der Waals surface area contributed by atoms with E-state index in [9.17, 15) is 0 Å². The summed E-state index contributed by atoms with van der Waals surface area (Å²) in [5.74, 6) is 1.93. The van der Waals surface area contributed by atoms with Gasteiger partial charge in [-0.25, -0.2) is 9.97 Å². The van der Waals surface area contributed by atoms with Crippen molar-refractivity contribution in [2.24, 2.45) is 0 Å². The van der Waals surface area contributed by atoms with Crippen LogP contribution < -0.4 is 14.8 Å². The average Bonchev–Trinajstić information content (AvgIpc) is 3.17. The molecule has 0 saturated heterocycles. The maximum absolute atomic E-state index is 6.43. The zero-order valence-electron chi connectivity index (χ0n) is 15.5. The summed E-state index contributed by atoms with van der Waals surface area (Å²) in [6.45, 7) is 4.09. The fraction of sp³-hybridized carbons (Fsp3) is 0.200. The van der Waals surface area contributed by atoms with E-state index in [-0.39, 0.29) is 0 Å². The third-order valence-corrected chi connectivity index (χ3v) is 5.10. The van der Waals surface area contributed by atoms with Crippen molar-refractivity contribution in [3.63, 3.8) is 0 Å². The second kappa shape index (κ2) is 6.63. The topological polar surface area (TPSA) is 60.7 Å². The molecule has 0 bridgehead atoms. The van der Waals surface area contributed by atoms with E-state index in [4.69, 9.17) is 26.1 Å². The van der Waals surface area contributed by atoms with E-state index in [1.807, 2.05) is 35.6 Å². The Bertz CT molecular complexity index is 1170. The predicted octanol–water partition coefficient (Wildman–Crippen LogP) is 4.91. The largest absolute Gasteiger partial charge is 0.493 e. The van der Waals surface area contributed by atoms with E-state index in [2.05, 4.69) is 17.2 Å². The molecular weight excluding hydrogens is 364 g/mol. The van der Waals surface area contributed by atoms with Crippen LogP contribution in [0, 0.1) is 13.8 Å². The van der Waals surface area contributed by atoms with E-state index in [1.165, 1.54) is 0 Å². The molecule has 0 radical (unpaired) electrons. The van der Waals surface area contributed by atoms with Crippen LogP contribution in [-0.2, 0) is 0 Å².